The van der Waals surface area contributed by atoms with Gasteiger partial charge in [0, 0.05) is 19.3 Å². The van der Waals surface area contributed by atoms with E-state index in [0.717, 1.165) is 11.1 Å². The van der Waals surface area contributed by atoms with Gasteiger partial charge in [0.05, 0.1) is 11.7 Å². The lowest BCUT2D eigenvalue weighted by Crippen LogP contribution is -2.23. The van der Waals surface area contributed by atoms with Crippen LogP contribution in [-0.2, 0) is 0 Å². The number of pyridine rings is 1. The Morgan fingerprint density at radius 2 is 2.22 bits per heavy atom. The molecule has 1 unspecified atom stereocenters. The number of carbonyl (C=O) groups excluding carboxylic acids is 1. The van der Waals surface area contributed by atoms with Gasteiger partial charge in [-0.15, -0.1) is 6.58 Å². The molecule has 1 atom stereocenters. The summed E-state index contributed by atoms with van der Waals surface area (Å²) in [6, 6.07) is 11.1. The zero-order valence-electron chi connectivity index (χ0n) is 13.1. The summed E-state index contributed by atoms with van der Waals surface area (Å²) in [7, 11) is 0. The fourth-order valence-electron chi connectivity index (χ4n) is 2.10. The van der Waals surface area contributed by atoms with Gasteiger partial charge in [0.2, 0.25) is 0 Å². The smallest absolute Gasteiger partial charge is 0.253 e. The number of aliphatic hydroxyl groups is 1. The molecule has 3 N–H and O–H groups in total. The predicted molar refractivity (Wildman–Crippen MR) is 91.4 cm³/mol. The molecule has 5 heteroatoms. The third-order valence-electron chi connectivity index (χ3n) is 3.34. The van der Waals surface area contributed by atoms with E-state index in [1.54, 1.807) is 18.2 Å². The molecule has 0 spiro atoms. The second-order valence-corrected chi connectivity index (χ2v) is 5.24. The van der Waals surface area contributed by atoms with Gasteiger partial charge in [-0.05, 0) is 24.6 Å². The highest BCUT2D eigenvalue weighted by Crippen LogP contribution is 2.15. The molecule has 0 fully saturated rings. The summed E-state index contributed by atoms with van der Waals surface area (Å²) in [5.74, 6) is 0.417. The third-order valence-corrected chi connectivity index (χ3v) is 3.34. The molecule has 120 valence electrons. The first-order valence-corrected chi connectivity index (χ1v) is 7.44. The zero-order chi connectivity index (χ0) is 16.7. The quantitative estimate of drug-likeness (QED) is 0.687. The molecule has 0 saturated carbocycles. The van der Waals surface area contributed by atoms with Crippen LogP contribution >= 0.6 is 0 Å². The fourth-order valence-corrected chi connectivity index (χ4v) is 2.10. The summed E-state index contributed by atoms with van der Waals surface area (Å²) in [6.45, 7) is 6.30. The zero-order valence-corrected chi connectivity index (χ0v) is 13.1. The molecule has 0 saturated heterocycles. The minimum absolute atomic E-state index is 0.191. The molecule has 1 aromatic heterocycles. The van der Waals surface area contributed by atoms with Gasteiger partial charge < -0.3 is 15.7 Å². The number of amides is 1. The lowest BCUT2D eigenvalue weighted by atomic mass is 10.1. The van der Waals surface area contributed by atoms with E-state index in [9.17, 15) is 9.90 Å². The number of hydrogen-bond acceptors (Lipinski definition) is 4. The molecule has 5 nitrogen and oxygen atoms in total. The second kappa shape index (κ2) is 8.10. The van der Waals surface area contributed by atoms with Crippen molar-refractivity contribution in [3.63, 3.8) is 0 Å². The Kier molecular flexibility index (Phi) is 5.88. The van der Waals surface area contributed by atoms with E-state index in [4.69, 9.17) is 0 Å². The van der Waals surface area contributed by atoms with Crippen molar-refractivity contribution in [2.45, 2.75) is 13.0 Å². The first-order valence-electron chi connectivity index (χ1n) is 7.44. The molecule has 1 amide bonds. The Morgan fingerprint density at radius 1 is 1.39 bits per heavy atom. The third kappa shape index (κ3) is 4.93. The molecule has 2 rings (SSSR count). The number of aliphatic hydroxyl groups excluding tert-OH is 1. The monoisotopic (exact) mass is 311 g/mol. The number of rotatable bonds is 7. The van der Waals surface area contributed by atoms with Gasteiger partial charge in [0.1, 0.15) is 5.82 Å². The van der Waals surface area contributed by atoms with Gasteiger partial charge in [-0.1, -0.05) is 35.9 Å². The Bertz CT molecular complexity index is 668. The summed E-state index contributed by atoms with van der Waals surface area (Å²) in [5, 5.41) is 15.9. The highest BCUT2D eigenvalue weighted by Gasteiger charge is 2.08. The minimum Gasteiger partial charge on any atom is -0.387 e. The van der Waals surface area contributed by atoms with Crippen LogP contribution in [0.5, 0.6) is 0 Å². The Labute approximate surface area is 136 Å². The number of aromatic nitrogens is 1. The van der Waals surface area contributed by atoms with Crippen molar-refractivity contribution < 1.29 is 9.90 Å². The van der Waals surface area contributed by atoms with Gasteiger partial charge >= 0.3 is 0 Å². The average molecular weight is 311 g/mol. The molecular formula is C18H21N3O2. The summed E-state index contributed by atoms with van der Waals surface area (Å²) in [6.07, 6.45) is 2.50. The summed E-state index contributed by atoms with van der Waals surface area (Å²) >= 11 is 0. The van der Waals surface area contributed by atoms with Crippen molar-refractivity contribution in [3.8, 4) is 0 Å². The van der Waals surface area contributed by atoms with E-state index in [1.807, 2.05) is 31.2 Å². The predicted octanol–water partition coefficient (Wildman–Crippen LogP) is 2.45. The van der Waals surface area contributed by atoms with Gasteiger partial charge in [-0.3, -0.25) is 4.79 Å². The maximum atomic E-state index is 11.7. The van der Waals surface area contributed by atoms with Crippen LogP contribution in [-0.4, -0.2) is 29.1 Å². The fraction of sp³-hybridized carbons (Fsp3) is 0.222. The van der Waals surface area contributed by atoms with Crippen LogP contribution in [0.2, 0.25) is 0 Å². The van der Waals surface area contributed by atoms with Crippen LogP contribution in [0.3, 0.4) is 0 Å². The molecule has 0 aliphatic carbocycles. The Morgan fingerprint density at radius 3 is 2.87 bits per heavy atom. The molecular weight excluding hydrogens is 290 g/mol. The van der Waals surface area contributed by atoms with Crippen LogP contribution in [0.1, 0.15) is 27.6 Å². The SMILES string of the molecule is C=CCNC(=O)c1ccc(NCC(O)c2cccc(C)c2)nc1. The molecule has 0 bridgehead atoms. The number of benzene rings is 1. The van der Waals surface area contributed by atoms with E-state index < -0.39 is 6.10 Å². The number of anilines is 1. The molecule has 1 heterocycles. The summed E-state index contributed by atoms with van der Waals surface area (Å²) in [5.41, 5.74) is 2.45. The highest BCUT2D eigenvalue weighted by atomic mass is 16.3. The molecule has 1 aromatic carbocycles. The van der Waals surface area contributed by atoms with Crippen molar-refractivity contribution in [1.82, 2.24) is 10.3 Å². The van der Waals surface area contributed by atoms with Crippen LogP contribution < -0.4 is 10.6 Å². The van der Waals surface area contributed by atoms with E-state index in [0.29, 0.717) is 24.5 Å². The Hall–Kier alpha value is -2.66. The lowest BCUT2D eigenvalue weighted by Gasteiger charge is -2.13. The highest BCUT2D eigenvalue weighted by molar-refractivity contribution is 5.94. The van der Waals surface area contributed by atoms with Crippen LogP contribution in [0.25, 0.3) is 0 Å². The normalized spacial score (nSPS) is 11.6. The molecule has 2 aromatic rings. The first kappa shape index (κ1) is 16.7. The van der Waals surface area contributed by atoms with E-state index in [1.165, 1.54) is 6.20 Å². The number of nitrogens with zero attached hydrogens (tertiary/aromatic N) is 1. The average Bonchev–Trinajstić information content (AvgIpc) is 2.58. The summed E-state index contributed by atoms with van der Waals surface area (Å²) in [4.78, 5) is 15.9. The minimum atomic E-state index is -0.618. The van der Waals surface area contributed by atoms with E-state index >= 15 is 0 Å². The van der Waals surface area contributed by atoms with Crippen LogP contribution in [0, 0.1) is 6.92 Å². The number of nitrogens with one attached hydrogen (secondary N) is 2. The van der Waals surface area contributed by atoms with Gasteiger partial charge in [0.15, 0.2) is 0 Å². The molecule has 0 aliphatic heterocycles. The van der Waals surface area contributed by atoms with Crippen LogP contribution in [0.4, 0.5) is 5.82 Å². The molecule has 0 radical (unpaired) electrons. The molecule has 0 aliphatic rings. The topological polar surface area (TPSA) is 74.2 Å². The largest absolute Gasteiger partial charge is 0.387 e. The molecule has 23 heavy (non-hydrogen) atoms. The number of aryl methyl sites for hydroxylation is 1. The van der Waals surface area contributed by atoms with Gasteiger partial charge in [0.25, 0.3) is 5.91 Å². The second-order valence-electron chi connectivity index (χ2n) is 5.24. The summed E-state index contributed by atoms with van der Waals surface area (Å²) < 4.78 is 0. The van der Waals surface area contributed by atoms with Crippen molar-refractivity contribution in [1.29, 1.82) is 0 Å². The van der Waals surface area contributed by atoms with Gasteiger partial charge in [-0.25, -0.2) is 4.98 Å². The van der Waals surface area contributed by atoms with E-state index in [2.05, 4.69) is 22.2 Å². The van der Waals surface area contributed by atoms with Crippen LogP contribution in [0.15, 0.2) is 55.3 Å². The number of hydrogen-bond donors (Lipinski definition) is 3. The van der Waals surface area contributed by atoms with Crippen molar-refractivity contribution >= 4 is 11.7 Å². The van der Waals surface area contributed by atoms with Crippen molar-refractivity contribution in [2.24, 2.45) is 0 Å². The maximum absolute atomic E-state index is 11.7. The van der Waals surface area contributed by atoms with E-state index in [-0.39, 0.29) is 5.91 Å². The van der Waals surface area contributed by atoms with Gasteiger partial charge in [-0.2, -0.15) is 0 Å². The maximum Gasteiger partial charge on any atom is 0.253 e. The van der Waals surface area contributed by atoms with Crippen molar-refractivity contribution in [3.05, 3.63) is 71.9 Å². The number of carbonyl (C=O) groups is 1. The standard InChI is InChI=1S/C18H21N3O2/c1-3-9-19-18(23)15-7-8-17(20-11-15)21-12-16(22)14-6-4-5-13(2)10-14/h3-8,10-11,16,22H,1,9,12H2,2H3,(H,19,23)(H,20,21). The Balaban J connectivity index is 1.91. The lowest BCUT2D eigenvalue weighted by molar-refractivity contribution is 0.0957. The van der Waals surface area contributed by atoms with Crippen molar-refractivity contribution in [2.75, 3.05) is 18.4 Å². The first-order chi connectivity index (χ1) is 11.1.